The standard InChI is InChI=1S/C22H27N3O5/c1-3-24(16-7-5-4-6-8-16)19(26)14-25-20(27)22(2,23-21(25)28)15-9-10-17-18(13-15)30-12-11-29-17/h7,9-10,13H,3-6,8,11-12,14H2,1-2H3,(H,23,28)/t22-/m1/s1. The molecule has 0 unspecified atom stereocenters. The molecule has 3 aliphatic rings. The molecule has 1 N–H and O–H groups in total. The molecule has 0 spiro atoms. The lowest BCUT2D eigenvalue weighted by atomic mass is 9.91. The van der Waals surface area contributed by atoms with Crippen LogP contribution in [0.15, 0.2) is 30.0 Å². The van der Waals surface area contributed by atoms with Gasteiger partial charge in [-0.2, -0.15) is 0 Å². The van der Waals surface area contributed by atoms with Crippen LogP contribution in [0.3, 0.4) is 0 Å². The number of imide groups is 1. The predicted octanol–water partition coefficient (Wildman–Crippen LogP) is 2.53. The lowest BCUT2D eigenvalue weighted by molar-refractivity contribution is -0.138. The maximum Gasteiger partial charge on any atom is 0.325 e. The number of fused-ring (bicyclic) bond motifs is 1. The van der Waals surface area contributed by atoms with Gasteiger partial charge in [0.05, 0.1) is 0 Å². The van der Waals surface area contributed by atoms with Crippen LogP contribution in [0.25, 0.3) is 0 Å². The number of amides is 4. The quantitative estimate of drug-likeness (QED) is 0.750. The highest BCUT2D eigenvalue weighted by atomic mass is 16.6. The van der Waals surface area contributed by atoms with E-state index in [1.165, 1.54) is 0 Å². The number of nitrogens with one attached hydrogen (secondary N) is 1. The van der Waals surface area contributed by atoms with Gasteiger partial charge in [0, 0.05) is 12.2 Å². The molecule has 1 aromatic rings. The number of carbonyl (C=O) groups excluding carboxylic acids is 3. The molecule has 8 nitrogen and oxygen atoms in total. The molecule has 8 heteroatoms. The van der Waals surface area contributed by atoms with Crippen molar-refractivity contribution in [3.05, 3.63) is 35.5 Å². The van der Waals surface area contributed by atoms with E-state index in [1.54, 1.807) is 30.0 Å². The summed E-state index contributed by atoms with van der Waals surface area (Å²) >= 11 is 0. The van der Waals surface area contributed by atoms with E-state index < -0.39 is 17.5 Å². The molecule has 1 aliphatic carbocycles. The molecule has 1 saturated heterocycles. The largest absolute Gasteiger partial charge is 0.486 e. The second kappa shape index (κ2) is 8.01. The van der Waals surface area contributed by atoms with Gasteiger partial charge in [0.25, 0.3) is 5.91 Å². The summed E-state index contributed by atoms with van der Waals surface area (Å²) in [6, 6.07) is 4.61. The van der Waals surface area contributed by atoms with Crippen LogP contribution in [0.2, 0.25) is 0 Å². The van der Waals surface area contributed by atoms with Crippen molar-refractivity contribution in [2.75, 3.05) is 26.3 Å². The van der Waals surface area contributed by atoms with E-state index >= 15 is 0 Å². The van der Waals surface area contributed by atoms with Crippen LogP contribution in [-0.4, -0.2) is 53.9 Å². The first kappa shape index (κ1) is 20.3. The van der Waals surface area contributed by atoms with Crippen LogP contribution in [0, 0.1) is 0 Å². The number of urea groups is 1. The smallest absolute Gasteiger partial charge is 0.325 e. The Morgan fingerprint density at radius 2 is 1.97 bits per heavy atom. The van der Waals surface area contributed by atoms with Crippen molar-refractivity contribution in [2.45, 2.75) is 45.1 Å². The van der Waals surface area contributed by atoms with Crippen molar-refractivity contribution in [3.8, 4) is 11.5 Å². The molecular weight excluding hydrogens is 386 g/mol. The first-order valence-corrected chi connectivity index (χ1v) is 10.5. The zero-order valence-corrected chi connectivity index (χ0v) is 17.4. The van der Waals surface area contributed by atoms with Crippen LogP contribution >= 0.6 is 0 Å². The molecular formula is C22H27N3O5. The molecule has 1 fully saturated rings. The topological polar surface area (TPSA) is 88.2 Å². The average Bonchev–Trinajstić information content (AvgIpc) is 2.98. The molecule has 4 rings (SSSR count). The number of likely N-dealkylation sites (N-methyl/N-ethyl adjacent to an activating group) is 1. The van der Waals surface area contributed by atoms with E-state index in [9.17, 15) is 14.4 Å². The molecule has 4 amide bonds. The summed E-state index contributed by atoms with van der Waals surface area (Å²) in [6.45, 7) is 4.67. The molecule has 2 aliphatic heterocycles. The van der Waals surface area contributed by atoms with Crippen LogP contribution in [-0.2, 0) is 15.1 Å². The summed E-state index contributed by atoms with van der Waals surface area (Å²) in [7, 11) is 0. The fourth-order valence-electron chi connectivity index (χ4n) is 4.22. The zero-order chi connectivity index (χ0) is 21.3. The predicted molar refractivity (Wildman–Crippen MR) is 109 cm³/mol. The Balaban J connectivity index is 1.53. The van der Waals surface area contributed by atoms with Crippen LogP contribution in [0.4, 0.5) is 4.79 Å². The van der Waals surface area contributed by atoms with Crippen molar-refractivity contribution in [1.82, 2.24) is 15.1 Å². The number of rotatable bonds is 5. The van der Waals surface area contributed by atoms with Gasteiger partial charge in [-0.25, -0.2) is 4.79 Å². The number of nitrogens with zero attached hydrogens (tertiary/aromatic N) is 2. The number of allylic oxidation sites excluding steroid dienone is 2. The van der Waals surface area contributed by atoms with E-state index in [-0.39, 0.29) is 12.5 Å². The third-order valence-electron chi connectivity index (χ3n) is 5.92. The van der Waals surface area contributed by atoms with E-state index in [0.29, 0.717) is 36.8 Å². The van der Waals surface area contributed by atoms with E-state index in [0.717, 1.165) is 36.3 Å². The Morgan fingerprint density at radius 3 is 2.67 bits per heavy atom. The highest BCUT2D eigenvalue weighted by Gasteiger charge is 2.50. The Morgan fingerprint density at radius 1 is 1.20 bits per heavy atom. The van der Waals surface area contributed by atoms with E-state index in [1.807, 2.05) is 6.92 Å². The number of hydrogen-bond acceptors (Lipinski definition) is 5. The molecule has 2 heterocycles. The maximum absolute atomic E-state index is 13.2. The minimum absolute atomic E-state index is 0.249. The van der Waals surface area contributed by atoms with Gasteiger partial charge < -0.3 is 19.7 Å². The summed E-state index contributed by atoms with van der Waals surface area (Å²) in [5.74, 6) is 0.446. The molecule has 30 heavy (non-hydrogen) atoms. The molecule has 160 valence electrons. The lowest BCUT2D eigenvalue weighted by Gasteiger charge is -2.28. The third-order valence-corrected chi connectivity index (χ3v) is 5.92. The van der Waals surface area contributed by atoms with Gasteiger partial charge in [-0.3, -0.25) is 14.5 Å². The average molecular weight is 413 g/mol. The molecule has 0 saturated carbocycles. The fourth-order valence-corrected chi connectivity index (χ4v) is 4.22. The number of benzene rings is 1. The van der Waals surface area contributed by atoms with E-state index in [4.69, 9.17) is 9.47 Å². The van der Waals surface area contributed by atoms with Gasteiger partial charge in [-0.1, -0.05) is 12.1 Å². The van der Waals surface area contributed by atoms with Crippen LogP contribution in [0.1, 0.15) is 45.1 Å². The molecule has 1 atom stereocenters. The van der Waals surface area contributed by atoms with Gasteiger partial charge in [-0.15, -0.1) is 0 Å². The highest BCUT2D eigenvalue weighted by Crippen LogP contribution is 2.37. The van der Waals surface area contributed by atoms with Crippen molar-refractivity contribution in [3.63, 3.8) is 0 Å². The Kier molecular flexibility index (Phi) is 5.40. The van der Waals surface area contributed by atoms with E-state index in [2.05, 4.69) is 11.4 Å². The van der Waals surface area contributed by atoms with Crippen molar-refractivity contribution in [2.24, 2.45) is 0 Å². The Labute approximate surface area is 175 Å². The van der Waals surface area contributed by atoms with Crippen LogP contribution < -0.4 is 14.8 Å². The maximum atomic E-state index is 13.2. The summed E-state index contributed by atoms with van der Waals surface area (Å²) in [5, 5.41) is 2.75. The first-order valence-electron chi connectivity index (χ1n) is 10.5. The normalized spacial score (nSPS) is 23.1. The van der Waals surface area contributed by atoms with Crippen molar-refractivity contribution in [1.29, 1.82) is 0 Å². The summed E-state index contributed by atoms with van der Waals surface area (Å²) < 4.78 is 11.1. The van der Waals surface area contributed by atoms with Crippen LogP contribution in [0.5, 0.6) is 11.5 Å². The molecule has 0 bridgehead atoms. The highest BCUT2D eigenvalue weighted by molar-refractivity contribution is 6.09. The Bertz CT molecular complexity index is 912. The number of carbonyl (C=O) groups is 3. The van der Waals surface area contributed by atoms with Gasteiger partial charge in [0.15, 0.2) is 11.5 Å². The van der Waals surface area contributed by atoms with Gasteiger partial charge in [0.1, 0.15) is 25.3 Å². The fraction of sp³-hybridized carbons (Fsp3) is 0.500. The van der Waals surface area contributed by atoms with Crippen molar-refractivity contribution < 1.29 is 23.9 Å². The second-order valence-corrected chi connectivity index (χ2v) is 7.88. The minimum atomic E-state index is -1.27. The van der Waals surface area contributed by atoms with Gasteiger partial charge in [-0.05, 0) is 57.2 Å². The second-order valence-electron chi connectivity index (χ2n) is 7.88. The molecule has 0 aromatic heterocycles. The van der Waals surface area contributed by atoms with Gasteiger partial charge >= 0.3 is 6.03 Å². The minimum Gasteiger partial charge on any atom is -0.486 e. The summed E-state index contributed by atoms with van der Waals surface area (Å²) in [4.78, 5) is 41.5. The third kappa shape index (κ3) is 3.51. The zero-order valence-electron chi connectivity index (χ0n) is 17.4. The van der Waals surface area contributed by atoms with Crippen molar-refractivity contribution >= 4 is 17.8 Å². The molecule has 0 radical (unpaired) electrons. The monoisotopic (exact) mass is 413 g/mol. The lowest BCUT2D eigenvalue weighted by Crippen LogP contribution is -2.44. The number of hydrogen-bond donors (Lipinski definition) is 1. The summed E-state index contributed by atoms with van der Waals surface area (Å²) in [5.41, 5.74) is 0.298. The molecule has 1 aromatic carbocycles. The Hall–Kier alpha value is -3.03. The number of ether oxygens (including phenoxy) is 2. The SMILES string of the molecule is CCN(C(=O)CN1C(=O)N[C@](C)(c2ccc3c(c2)OCCO3)C1=O)C1=CCCCC1. The first-order chi connectivity index (χ1) is 14.4. The summed E-state index contributed by atoms with van der Waals surface area (Å²) in [6.07, 6.45) is 6.03. The van der Waals surface area contributed by atoms with Gasteiger partial charge in [0.2, 0.25) is 5.91 Å².